The Balaban J connectivity index is 3.46. The van der Waals surface area contributed by atoms with Crippen LogP contribution in [0.25, 0.3) is 0 Å². The molecule has 4 nitrogen and oxygen atoms in total. The van der Waals surface area contributed by atoms with Crippen LogP contribution in [-0.4, -0.2) is 37.0 Å². The summed E-state index contributed by atoms with van der Waals surface area (Å²) in [6.45, 7) is 5.21. The largest absolute Gasteiger partial charge is 0.457 e. The average molecular weight is 645 g/mol. The van der Waals surface area contributed by atoms with Gasteiger partial charge in [-0.05, 0) is 70.6 Å². The van der Waals surface area contributed by atoms with Crippen molar-refractivity contribution < 1.29 is 19.4 Å². The summed E-state index contributed by atoms with van der Waals surface area (Å²) in [6, 6.07) is 0. The van der Waals surface area contributed by atoms with Crippen molar-refractivity contribution in [2.24, 2.45) is 0 Å². The van der Waals surface area contributed by atoms with Gasteiger partial charge in [0.05, 0.1) is 13.2 Å². The Bertz CT molecular complexity index is 723. The molecular formula is C42H76O4. The highest BCUT2D eigenvalue weighted by atomic mass is 16.6. The summed E-state index contributed by atoms with van der Waals surface area (Å²) in [4.78, 5) is 12.2. The zero-order chi connectivity index (χ0) is 33.4. The molecule has 0 radical (unpaired) electrons. The SMILES string of the molecule is CC/C=C\C/C=C\C/C=C\CCCCCCCC(=O)OC(CO)COCCCCCCCCCC/C=C\CCCCCCCCC. The molecule has 268 valence electrons. The van der Waals surface area contributed by atoms with Gasteiger partial charge in [-0.15, -0.1) is 0 Å². The van der Waals surface area contributed by atoms with Crippen LogP contribution in [0, 0.1) is 0 Å². The summed E-state index contributed by atoms with van der Waals surface area (Å²) < 4.78 is 11.1. The number of aliphatic hydroxyl groups is 1. The number of carbonyl (C=O) groups is 1. The predicted molar refractivity (Wildman–Crippen MR) is 200 cm³/mol. The molecule has 0 aromatic rings. The molecule has 0 heterocycles. The molecule has 0 amide bonds. The molecule has 0 aliphatic heterocycles. The van der Waals surface area contributed by atoms with Gasteiger partial charge in [-0.25, -0.2) is 0 Å². The summed E-state index contributed by atoms with van der Waals surface area (Å²) in [7, 11) is 0. The number of hydrogen-bond donors (Lipinski definition) is 1. The fourth-order valence-electron chi connectivity index (χ4n) is 5.45. The van der Waals surface area contributed by atoms with Gasteiger partial charge < -0.3 is 14.6 Å². The summed E-state index contributed by atoms with van der Waals surface area (Å²) >= 11 is 0. The van der Waals surface area contributed by atoms with Gasteiger partial charge in [-0.2, -0.15) is 0 Å². The lowest BCUT2D eigenvalue weighted by atomic mass is 10.1. The maximum absolute atomic E-state index is 12.2. The molecule has 0 aliphatic rings. The highest BCUT2D eigenvalue weighted by molar-refractivity contribution is 5.69. The van der Waals surface area contributed by atoms with E-state index in [0.717, 1.165) is 51.4 Å². The molecule has 0 aromatic carbocycles. The van der Waals surface area contributed by atoms with E-state index in [9.17, 15) is 9.90 Å². The standard InChI is InChI=1S/C42H76O4/c1-3-5-7-9-11-13-15-17-19-20-21-22-24-26-28-30-32-34-36-38-45-40-41(39-43)46-42(44)37-35-33-31-29-27-25-23-18-16-14-12-10-8-6-4-2/h6,8,12,14,18-20,23,41,43H,3-5,7,9-11,13,15-17,21-22,24-40H2,1-2H3/b8-6-,14-12-,20-19-,23-18-. The van der Waals surface area contributed by atoms with Gasteiger partial charge in [0.1, 0.15) is 6.10 Å². The first kappa shape index (κ1) is 44.4. The monoisotopic (exact) mass is 645 g/mol. The molecule has 0 aromatic heterocycles. The molecule has 0 spiro atoms. The van der Waals surface area contributed by atoms with Gasteiger partial charge in [0, 0.05) is 13.0 Å². The van der Waals surface area contributed by atoms with Gasteiger partial charge in [0.2, 0.25) is 0 Å². The van der Waals surface area contributed by atoms with Crippen LogP contribution in [0.4, 0.5) is 0 Å². The van der Waals surface area contributed by atoms with E-state index in [-0.39, 0.29) is 19.2 Å². The van der Waals surface area contributed by atoms with Crippen molar-refractivity contribution in [3.8, 4) is 0 Å². The highest BCUT2D eigenvalue weighted by Crippen LogP contribution is 2.13. The molecule has 4 heteroatoms. The van der Waals surface area contributed by atoms with Gasteiger partial charge in [-0.3, -0.25) is 4.79 Å². The Kier molecular flexibility index (Phi) is 38.1. The number of esters is 1. The Hall–Kier alpha value is -1.65. The Morgan fingerprint density at radius 3 is 1.50 bits per heavy atom. The van der Waals surface area contributed by atoms with Crippen LogP contribution in [0.1, 0.15) is 187 Å². The van der Waals surface area contributed by atoms with E-state index < -0.39 is 6.10 Å². The normalized spacial score (nSPS) is 12.8. The molecule has 0 saturated heterocycles. The molecule has 1 unspecified atom stereocenters. The fraction of sp³-hybridized carbons (Fsp3) is 0.786. The van der Waals surface area contributed by atoms with Crippen LogP contribution in [0.15, 0.2) is 48.6 Å². The smallest absolute Gasteiger partial charge is 0.306 e. The van der Waals surface area contributed by atoms with E-state index >= 15 is 0 Å². The maximum Gasteiger partial charge on any atom is 0.306 e. The molecule has 0 rings (SSSR count). The molecule has 0 aliphatic carbocycles. The lowest BCUT2D eigenvalue weighted by Crippen LogP contribution is -2.27. The zero-order valence-electron chi connectivity index (χ0n) is 30.6. The quantitative estimate of drug-likeness (QED) is 0.0419. The van der Waals surface area contributed by atoms with Crippen molar-refractivity contribution in [2.45, 2.75) is 193 Å². The number of carbonyl (C=O) groups excluding carboxylic acids is 1. The lowest BCUT2D eigenvalue weighted by Gasteiger charge is -2.15. The minimum atomic E-state index is -0.544. The van der Waals surface area contributed by atoms with Crippen LogP contribution in [0.3, 0.4) is 0 Å². The number of ether oxygens (including phenoxy) is 2. The number of allylic oxidation sites excluding steroid dienone is 8. The maximum atomic E-state index is 12.2. The number of rotatable bonds is 36. The van der Waals surface area contributed by atoms with E-state index in [1.807, 2.05) is 0 Å². The van der Waals surface area contributed by atoms with Crippen LogP contribution in [-0.2, 0) is 14.3 Å². The molecule has 0 saturated carbocycles. The number of unbranched alkanes of at least 4 members (excludes halogenated alkanes) is 20. The summed E-state index contributed by atoms with van der Waals surface area (Å²) in [5.41, 5.74) is 0. The van der Waals surface area contributed by atoms with Crippen LogP contribution < -0.4 is 0 Å². The van der Waals surface area contributed by atoms with Crippen LogP contribution in [0.2, 0.25) is 0 Å². The third-order valence-electron chi connectivity index (χ3n) is 8.39. The second-order valence-electron chi connectivity index (χ2n) is 13.0. The van der Waals surface area contributed by atoms with Crippen molar-refractivity contribution in [2.75, 3.05) is 19.8 Å². The second kappa shape index (κ2) is 39.5. The Labute approximate surface area is 286 Å². The topological polar surface area (TPSA) is 55.8 Å². The van der Waals surface area contributed by atoms with Crippen molar-refractivity contribution in [1.29, 1.82) is 0 Å². The van der Waals surface area contributed by atoms with Gasteiger partial charge in [0.15, 0.2) is 0 Å². The lowest BCUT2D eigenvalue weighted by molar-refractivity contribution is -0.154. The van der Waals surface area contributed by atoms with Crippen molar-refractivity contribution in [1.82, 2.24) is 0 Å². The van der Waals surface area contributed by atoms with Gasteiger partial charge in [0.25, 0.3) is 0 Å². The molecule has 46 heavy (non-hydrogen) atoms. The zero-order valence-corrected chi connectivity index (χ0v) is 30.6. The summed E-state index contributed by atoms with van der Waals surface area (Å²) in [5.74, 6) is -0.219. The minimum Gasteiger partial charge on any atom is -0.457 e. The van der Waals surface area contributed by atoms with E-state index in [1.165, 1.54) is 116 Å². The molecule has 1 atom stereocenters. The second-order valence-corrected chi connectivity index (χ2v) is 13.0. The minimum absolute atomic E-state index is 0.181. The summed E-state index contributed by atoms with van der Waals surface area (Å²) in [5, 5.41) is 9.57. The molecule has 0 bridgehead atoms. The van der Waals surface area contributed by atoms with E-state index in [0.29, 0.717) is 13.0 Å². The first-order valence-electron chi connectivity index (χ1n) is 19.7. The first-order chi connectivity index (χ1) is 22.7. The fourth-order valence-corrected chi connectivity index (χ4v) is 5.45. The average Bonchev–Trinajstić information content (AvgIpc) is 3.06. The first-order valence-corrected chi connectivity index (χ1v) is 19.7. The van der Waals surface area contributed by atoms with Crippen molar-refractivity contribution in [3.05, 3.63) is 48.6 Å². The molecule has 1 N–H and O–H groups in total. The highest BCUT2D eigenvalue weighted by Gasteiger charge is 2.13. The third-order valence-corrected chi connectivity index (χ3v) is 8.39. The predicted octanol–water partition coefficient (Wildman–Crippen LogP) is 12.7. The third kappa shape index (κ3) is 36.8. The summed E-state index contributed by atoms with van der Waals surface area (Å²) in [6.07, 6.45) is 50.2. The van der Waals surface area contributed by atoms with Crippen LogP contribution in [0.5, 0.6) is 0 Å². The van der Waals surface area contributed by atoms with E-state index in [4.69, 9.17) is 9.47 Å². The van der Waals surface area contributed by atoms with Gasteiger partial charge >= 0.3 is 5.97 Å². The van der Waals surface area contributed by atoms with E-state index in [2.05, 4.69) is 62.5 Å². The number of aliphatic hydroxyl groups excluding tert-OH is 1. The van der Waals surface area contributed by atoms with Crippen LogP contribution >= 0.6 is 0 Å². The Morgan fingerprint density at radius 1 is 0.543 bits per heavy atom. The molecular weight excluding hydrogens is 568 g/mol. The Morgan fingerprint density at radius 2 is 0.978 bits per heavy atom. The van der Waals surface area contributed by atoms with Crippen molar-refractivity contribution in [3.63, 3.8) is 0 Å². The van der Waals surface area contributed by atoms with Crippen molar-refractivity contribution >= 4 is 5.97 Å². The molecule has 0 fully saturated rings. The van der Waals surface area contributed by atoms with Gasteiger partial charge in [-0.1, -0.05) is 159 Å². The van der Waals surface area contributed by atoms with E-state index in [1.54, 1.807) is 0 Å². The number of hydrogen-bond acceptors (Lipinski definition) is 4.